The molecule has 2 aliphatic heterocycles. The summed E-state index contributed by atoms with van der Waals surface area (Å²) in [6.45, 7) is 5.10. The summed E-state index contributed by atoms with van der Waals surface area (Å²) >= 11 is 6.41. The predicted molar refractivity (Wildman–Crippen MR) is 172 cm³/mol. The van der Waals surface area contributed by atoms with Crippen molar-refractivity contribution >= 4 is 33.2 Å². The largest absolute Gasteiger partial charge is 0.490 e. The number of halogens is 1. The van der Waals surface area contributed by atoms with Crippen LogP contribution >= 0.6 is 11.6 Å². The van der Waals surface area contributed by atoms with Crippen molar-refractivity contribution < 1.29 is 27.8 Å². The number of hydrogen-bond donors (Lipinski definition) is 2. The van der Waals surface area contributed by atoms with Gasteiger partial charge in [-0.2, -0.15) is 0 Å². The van der Waals surface area contributed by atoms with E-state index in [1.165, 1.54) is 11.1 Å². The summed E-state index contributed by atoms with van der Waals surface area (Å²) in [5, 5.41) is 10.2. The van der Waals surface area contributed by atoms with E-state index in [9.17, 15) is 18.3 Å². The maximum absolute atomic E-state index is 13.5. The Morgan fingerprint density at radius 1 is 1.20 bits per heavy atom. The van der Waals surface area contributed by atoms with Gasteiger partial charge in [0.2, 0.25) is 10.0 Å². The van der Waals surface area contributed by atoms with Crippen LogP contribution in [0, 0.1) is 17.8 Å². The van der Waals surface area contributed by atoms with Gasteiger partial charge in [0.25, 0.3) is 5.91 Å². The van der Waals surface area contributed by atoms with Crippen molar-refractivity contribution in [2.45, 2.75) is 75.2 Å². The molecule has 0 aromatic heterocycles. The second kappa shape index (κ2) is 12.3. The molecule has 2 N–H and O–H groups in total. The number of aliphatic hydroxyl groups is 1. The Balaban J connectivity index is 1.43. The summed E-state index contributed by atoms with van der Waals surface area (Å²) in [5.41, 5.74) is 3.32. The van der Waals surface area contributed by atoms with E-state index in [0.29, 0.717) is 37.2 Å². The third kappa shape index (κ3) is 5.88. The summed E-state index contributed by atoms with van der Waals surface area (Å²) in [4.78, 5) is 15.8. The number of carbonyl (C=O) groups excluding carboxylic acids is 1. The normalized spacial score (nSPS) is 33.1. The molecule has 1 fully saturated rings. The van der Waals surface area contributed by atoms with Crippen molar-refractivity contribution in [1.29, 1.82) is 0 Å². The van der Waals surface area contributed by atoms with Crippen LogP contribution in [0.3, 0.4) is 0 Å². The maximum atomic E-state index is 13.5. The monoisotopic (exact) mass is 642 g/mol. The van der Waals surface area contributed by atoms with Gasteiger partial charge in [0, 0.05) is 42.1 Å². The van der Waals surface area contributed by atoms with Gasteiger partial charge in [0.15, 0.2) is 0 Å². The van der Waals surface area contributed by atoms with Crippen molar-refractivity contribution in [2.24, 2.45) is 17.8 Å². The Bertz CT molecular complexity index is 1540. The van der Waals surface area contributed by atoms with Gasteiger partial charge in [-0.1, -0.05) is 29.8 Å². The van der Waals surface area contributed by atoms with Crippen molar-refractivity contribution in [3.63, 3.8) is 0 Å². The van der Waals surface area contributed by atoms with Crippen LogP contribution in [0.15, 0.2) is 48.6 Å². The number of amides is 1. The molecule has 2 aliphatic carbocycles. The highest BCUT2D eigenvalue weighted by atomic mass is 35.5. The average Bonchev–Trinajstić information content (AvgIpc) is 3.12. The molecule has 6 rings (SSSR count). The van der Waals surface area contributed by atoms with Crippen LogP contribution in [0.4, 0.5) is 5.69 Å². The number of fused-ring (bicyclic) bond motifs is 4. The first-order chi connectivity index (χ1) is 21.0. The molecule has 2 aromatic carbocycles. The van der Waals surface area contributed by atoms with Gasteiger partial charge in [-0.15, -0.1) is 0 Å². The topological polar surface area (TPSA) is 105 Å². The van der Waals surface area contributed by atoms with Gasteiger partial charge < -0.3 is 19.5 Å². The first-order valence-electron chi connectivity index (χ1n) is 15.8. The van der Waals surface area contributed by atoms with E-state index >= 15 is 0 Å². The molecule has 1 spiro atoms. The number of carbonyl (C=O) groups is 1. The first kappa shape index (κ1) is 31.4. The van der Waals surface area contributed by atoms with Crippen molar-refractivity contribution in [3.05, 3.63) is 70.3 Å². The van der Waals surface area contributed by atoms with E-state index in [4.69, 9.17) is 21.1 Å². The molecular formula is C34H43ClN2O6S. The third-order valence-electron chi connectivity index (χ3n) is 10.6. The number of anilines is 1. The molecule has 2 aromatic rings. The number of hydrogen-bond acceptors (Lipinski definition) is 7. The van der Waals surface area contributed by atoms with E-state index in [0.717, 1.165) is 49.4 Å². The smallest absolute Gasteiger partial charge is 0.264 e. The molecule has 7 atom stereocenters. The van der Waals surface area contributed by atoms with Crippen LogP contribution in [-0.2, 0) is 26.6 Å². The Kier molecular flexibility index (Phi) is 8.78. The van der Waals surface area contributed by atoms with E-state index in [2.05, 4.69) is 21.8 Å². The maximum Gasteiger partial charge on any atom is 0.264 e. The number of nitrogens with one attached hydrogen (secondary N) is 1. The number of aryl methyl sites for hydroxylation is 1. The lowest BCUT2D eigenvalue weighted by Gasteiger charge is -2.46. The van der Waals surface area contributed by atoms with Gasteiger partial charge in [0.05, 0.1) is 29.8 Å². The summed E-state index contributed by atoms with van der Waals surface area (Å²) in [7, 11) is -2.37. The van der Waals surface area contributed by atoms with Crippen molar-refractivity contribution in [3.8, 4) is 5.75 Å². The van der Waals surface area contributed by atoms with E-state index in [1.54, 1.807) is 39.2 Å². The number of benzene rings is 2. The number of aliphatic hydroxyl groups excluding tert-OH is 1. The molecule has 1 amide bonds. The van der Waals surface area contributed by atoms with Gasteiger partial charge in [0.1, 0.15) is 5.75 Å². The fourth-order valence-corrected chi connectivity index (χ4v) is 9.41. The molecule has 0 unspecified atom stereocenters. The minimum Gasteiger partial charge on any atom is -0.490 e. The Morgan fingerprint density at radius 3 is 2.75 bits per heavy atom. The second-order valence-corrected chi connectivity index (χ2v) is 15.7. The first-order valence-corrected chi connectivity index (χ1v) is 17.7. The fraction of sp³-hybridized carbons (Fsp3) is 0.559. The molecule has 0 saturated heterocycles. The average molecular weight is 643 g/mol. The molecule has 4 aliphatic rings. The van der Waals surface area contributed by atoms with Crippen LogP contribution in [0.2, 0.25) is 5.02 Å². The number of ether oxygens (including phenoxy) is 2. The van der Waals surface area contributed by atoms with Crippen LogP contribution in [0.25, 0.3) is 0 Å². The SMILES string of the molecule is CO[C@H]1/C=C/C[C@H]([C@H](C)O)[C@@H](C)S(=O)(=O)NC(=O)c2ccc3c(c2)N(C[C@@H]2CC[C@H]21)C[C@@]1(CCCc2cc(Cl)ccc21)CO3. The molecule has 10 heteroatoms. The van der Waals surface area contributed by atoms with E-state index in [1.807, 2.05) is 18.2 Å². The third-order valence-corrected chi connectivity index (χ3v) is 12.6. The minimum absolute atomic E-state index is 0.122. The molecule has 2 heterocycles. The number of allylic oxidation sites excluding steroid dienone is 1. The van der Waals surface area contributed by atoms with E-state index in [-0.39, 0.29) is 17.1 Å². The lowest BCUT2D eigenvalue weighted by molar-refractivity contribution is 0.0130. The summed E-state index contributed by atoms with van der Waals surface area (Å²) in [6.07, 6.45) is 8.37. The van der Waals surface area contributed by atoms with Crippen molar-refractivity contribution in [1.82, 2.24) is 4.72 Å². The van der Waals surface area contributed by atoms with Gasteiger partial charge in [-0.25, -0.2) is 13.1 Å². The van der Waals surface area contributed by atoms with Crippen LogP contribution in [0.5, 0.6) is 5.75 Å². The molecule has 2 bridgehead atoms. The van der Waals surface area contributed by atoms with Gasteiger partial charge >= 0.3 is 0 Å². The van der Waals surface area contributed by atoms with Crippen LogP contribution < -0.4 is 14.4 Å². The molecule has 238 valence electrons. The van der Waals surface area contributed by atoms with Gasteiger partial charge in [-0.3, -0.25) is 4.79 Å². The predicted octanol–water partition coefficient (Wildman–Crippen LogP) is 5.26. The van der Waals surface area contributed by atoms with Crippen LogP contribution in [0.1, 0.15) is 67.4 Å². The molecular weight excluding hydrogens is 600 g/mol. The number of sulfonamides is 1. The molecule has 44 heavy (non-hydrogen) atoms. The zero-order valence-corrected chi connectivity index (χ0v) is 27.2. The zero-order valence-electron chi connectivity index (χ0n) is 25.7. The molecule has 8 nitrogen and oxygen atoms in total. The Hall–Kier alpha value is -2.59. The van der Waals surface area contributed by atoms with Crippen molar-refractivity contribution in [2.75, 3.05) is 31.7 Å². The fourth-order valence-electron chi connectivity index (χ4n) is 7.85. The quantitative estimate of drug-likeness (QED) is 0.431. The minimum atomic E-state index is -4.09. The summed E-state index contributed by atoms with van der Waals surface area (Å²) < 4.78 is 41.6. The van der Waals surface area contributed by atoms with E-state index < -0.39 is 33.2 Å². The summed E-state index contributed by atoms with van der Waals surface area (Å²) in [6, 6.07) is 11.4. The number of rotatable bonds is 2. The Labute approximate surface area is 265 Å². The highest BCUT2D eigenvalue weighted by Crippen LogP contribution is 2.47. The standard InChI is InChI=1S/C34H43ClN2O6S/c1-21(38)27-7-4-8-31(42-3)28-12-9-25(28)18-37-19-34(15-5-6-23-16-26(35)11-13-29(23)34)20-43-32-14-10-24(17-30(32)37)33(39)36-44(40,41)22(27)2/h4,8,10-11,13-14,16-17,21-22,25,27-28,31,38H,5-7,9,12,15,18-20H2,1-3H3,(H,36,39)/b8-4+/t21-,22+,25-,27+,28+,31-,34-/m0/s1. The number of methoxy groups -OCH3 is 1. The highest BCUT2D eigenvalue weighted by Gasteiger charge is 2.44. The summed E-state index contributed by atoms with van der Waals surface area (Å²) in [5.74, 6) is 0.0507. The van der Waals surface area contributed by atoms with Gasteiger partial charge in [-0.05, 0) is 106 Å². The lowest BCUT2D eigenvalue weighted by atomic mass is 9.68. The van der Waals surface area contributed by atoms with Crippen LogP contribution in [-0.4, -0.2) is 63.7 Å². The number of nitrogens with zero attached hydrogens (tertiary/aromatic N) is 1. The molecule has 1 saturated carbocycles. The lowest BCUT2D eigenvalue weighted by Crippen LogP contribution is -2.49. The second-order valence-electron chi connectivity index (χ2n) is 13.2. The molecule has 0 radical (unpaired) electrons. The zero-order chi connectivity index (χ0) is 31.2. The Morgan fingerprint density at radius 2 is 2.02 bits per heavy atom. The highest BCUT2D eigenvalue weighted by molar-refractivity contribution is 7.90.